The molecule has 1 saturated carbocycles. The van der Waals surface area contributed by atoms with Crippen LogP contribution < -0.4 is 5.32 Å². The molecule has 1 aromatic rings. The molecule has 1 aliphatic carbocycles. The van der Waals surface area contributed by atoms with Crippen molar-refractivity contribution in [2.75, 3.05) is 0 Å². The highest BCUT2D eigenvalue weighted by atomic mass is 15.1. The van der Waals surface area contributed by atoms with E-state index in [1.54, 1.807) is 0 Å². The molecule has 15 heavy (non-hydrogen) atoms. The molecule has 0 aliphatic heterocycles. The van der Waals surface area contributed by atoms with E-state index >= 15 is 0 Å². The summed E-state index contributed by atoms with van der Waals surface area (Å²) in [6.07, 6.45) is 8.63. The quantitative estimate of drug-likeness (QED) is 0.747. The summed E-state index contributed by atoms with van der Waals surface area (Å²) in [6, 6.07) is 2.74. The van der Waals surface area contributed by atoms with E-state index in [2.05, 4.69) is 22.4 Å². The second kappa shape index (κ2) is 5.31. The van der Waals surface area contributed by atoms with E-state index in [-0.39, 0.29) is 0 Å². The third-order valence-electron chi connectivity index (χ3n) is 3.40. The van der Waals surface area contributed by atoms with Crippen LogP contribution in [0.2, 0.25) is 0 Å². The molecular weight excluding hydrogens is 186 g/mol. The Kier molecular flexibility index (Phi) is 3.78. The monoisotopic (exact) mass is 207 g/mol. The Labute approximate surface area is 91.7 Å². The molecule has 0 radical (unpaired) electrons. The maximum atomic E-state index is 3.95. The van der Waals surface area contributed by atoms with E-state index < -0.39 is 0 Å². The van der Waals surface area contributed by atoms with Gasteiger partial charge < -0.3 is 5.32 Å². The molecular formula is C12H21N3. The van der Waals surface area contributed by atoms with Crippen LogP contribution in [0, 0.1) is 5.92 Å². The fraction of sp³-hybridized carbons (Fsp3) is 0.750. The first-order chi connectivity index (χ1) is 7.34. The zero-order chi connectivity index (χ0) is 10.5. The van der Waals surface area contributed by atoms with E-state index in [0.717, 1.165) is 12.5 Å². The first kappa shape index (κ1) is 10.7. The van der Waals surface area contributed by atoms with E-state index in [1.165, 1.54) is 37.8 Å². The minimum Gasteiger partial charge on any atom is -0.308 e. The molecule has 1 fully saturated rings. The maximum Gasteiger partial charge on any atom is 0.0490 e. The second-order valence-corrected chi connectivity index (χ2v) is 4.77. The molecule has 1 heterocycles. The molecule has 0 bridgehead atoms. The highest BCUT2D eigenvalue weighted by molar-refractivity contribution is 4.97. The first-order valence-electron chi connectivity index (χ1n) is 6.06. The fourth-order valence-corrected chi connectivity index (χ4v) is 2.33. The van der Waals surface area contributed by atoms with E-state index in [4.69, 9.17) is 0 Å². The number of hydrogen-bond donors (Lipinski definition) is 2. The van der Waals surface area contributed by atoms with Gasteiger partial charge in [0.1, 0.15) is 0 Å². The average molecular weight is 207 g/mol. The smallest absolute Gasteiger partial charge is 0.0490 e. The Morgan fingerprint density at radius 1 is 1.40 bits per heavy atom. The van der Waals surface area contributed by atoms with Gasteiger partial charge in [-0.05, 0) is 31.2 Å². The van der Waals surface area contributed by atoms with Gasteiger partial charge in [0, 0.05) is 24.5 Å². The number of aromatic amines is 1. The van der Waals surface area contributed by atoms with Crippen molar-refractivity contribution in [1.29, 1.82) is 0 Å². The van der Waals surface area contributed by atoms with Crippen molar-refractivity contribution in [2.45, 2.75) is 51.6 Å². The molecule has 0 spiro atoms. The Hall–Kier alpha value is -0.830. The number of rotatable bonds is 3. The molecule has 3 nitrogen and oxygen atoms in total. The normalized spacial score (nSPS) is 27.5. The standard InChI is InChI=1S/C12H21N3/c1-10-3-2-4-11(6-5-10)13-9-12-7-8-14-15-12/h7-8,10-11,13H,2-6,9H2,1H3,(H,14,15). The van der Waals surface area contributed by atoms with Gasteiger partial charge in [-0.1, -0.05) is 19.8 Å². The largest absolute Gasteiger partial charge is 0.308 e. The van der Waals surface area contributed by atoms with Gasteiger partial charge in [0.25, 0.3) is 0 Å². The molecule has 2 atom stereocenters. The molecule has 0 saturated heterocycles. The summed E-state index contributed by atoms with van der Waals surface area (Å²) in [4.78, 5) is 0. The molecule has 1 aromatic heterocycles. The third kappa shape index (κ3) is 3.34. The van der Waals surface area contributed by atoms with Crippen molar-refractivity contribution in [2.24, 2.45) is 5.92 Å². The highest BCUT2D eigenvalue weighted by Gasteiger charge is 2.15. The van der Waals surface area contributed by atoms with E-state index in [1.807, 2.05) is 12.3 Å². The lowest BCUT2D eigenvalue weighted by atomic mass is 10.0. The fourth-order valence-electron chi connectivity index (χ4n) is 2.33. The van der Waals surface area contributed by atoms with Gasteiger partial charge in [0.15, 0.2) is 0 Å². The average Bonchev–Trinajstić information content (AvgIpc) is 2.66. The van der Waals surface area contributed by atoms with Gasteiger partial charge in [-0.2, -0.15) is 5.10 Å². The van der Waals surface area contributed by atoms with Crippen LogP contribution in [0.5, 0.6) is 0 Å². The number of nitrogens with zero attached hydrogens (tertiary/aromatic N) is 1. The molecule has 84 valence electrons. The Morgan fingerprint density at radius 2 is 2.33 bits per heavy atom. The number of hydrogen-bond acceptors (Lipinski definition) is 2. The van der Waals surface area contributed by atoms with Crippen LogP contribution in [-0.2, 0) is 6.54 Å². The zero-order valence-electron chi connectivity index (χ0n) is 9.50. The van der Waals surface area contributed by atoms with Crippen molar-refractivity contribution >= 4 is 0 Å². The van der Waals surface area contributed by atoms with Gasteiger partial charge in [-0.25, -0.2) is 0 Å². The lowest BCUT2D eigenvalue weighted by Gasteiger charge is -2.15. The third-order valence-corrected chi connectivity index (χ3v) is 3.40. The summed E-state index contributed by atoms with van der Waals surface area (Å²) in [5, 5.41) is 10.6. The summed E-state index contributed by atoms with van der Waals surface area (Å²) in [5.41, 5.74) is 1.19. The summed E-state index contributed by atoms with van der Waals surface area (Å²) >= 11 is 0. The van der Waals surface area contributed by atoms with Crippen LogP contribution in [-0.4, -0.2) is 16.2 Å². The molecule has 0 aromatic carbocycles. The van der Waals surface area contributed by atoms with Gasteiger partial charge in [0.2, 0.25) is 0 Å². The summed E-state index contributed by atoms with van der Waals surface area (Å²) in [7, 11) is 0. The van der Waals surface area contributed by atoms with Crippen LogP contribution in [0.15, 0.2) is 12.3 Å². The summed E-state index contributed by atoms with van der Waals surface area (Å²) in [5.74, 6) is 0.920. The van der Waals surface area contributed by atoms with Crippen molar-refractivity contribution in [3.63, 3.8) is 0 Å². The molecule has 2 N–H and O–H groups in total. The van der Waals surface area contributed by atoms with Crippen LogP contribution >= 0.6 is 0 Å². The van der Waals surface area contributed by atoms with Gasteiger partial charge in [-0.3, -0.25) is 5.10 Å². The van der Waals surface area contributed by atoms with Crippen molar-refractivity contribution in [3.05, 3.63) is 18.0 Å². The van der Waals surface area contributed by atoms with Gasteiger partial charge >= 0.3 is 0 Å². The molecule has 0 amide bonds. The van der Waals surface area contributed by atoms with Crippen molar-refractivity contribution in [3.8, 4) is 0 Å². The summed E-state index contributed by atoms with van der Waals surface area (Å²) in [6.45, 7) is 3.30. The van der Waals surface area contributed by atoms with Crippen LogP contribution in [0.4, 0.5) is 0 Å². The van der Waals surface area contributed by atoms with Crippen molar-refractivity contribution < 1.29 is 0 Å². The molecule has 2 unspecified atom stereocenters. The topological polar surface area (TPSA) is 40.7 Å². The van der Waals surface area contributed by atoms with E-state index in [0.29, 0.717) is 6.04 Å². The predicted molar refractivity (Wildman–Crippen MR) is 61.5 cm³/mol. The predicted octanol–water partition coefficient (Wildman–Crippen LogP) is 2.47. The molecule has 3 heteroatoms. The Bertz CT molecular complexity index is 268. The number of aromatic nitrogens is 2. The Balaban J connectivity index is 1.74. The van der Waals surface area contributed by atoms with Crippen LogP contribution in [0.25, 0.3) is 0 Å². The minimum absolute atomic E-state index is 0.707. The highest BCUT2D eigenvalue weighted by Crippen LogP contribution is 2.22. The lowest BCUT2D eigenvalue weighted by molar-refractivity contribution is 0.445. The van der Waals surface area contributed by atoms with E-state index in [9.17, 15) is 0 Å². The van der Waals surface area contributed by atoms with Crippen molar-refractivity contribution in [1.82, 2.24) is 15.5 Å². The first-order valence-corrected chi connectivity index (χ1v) is 6.06. The summed E-state index contributed by atoms with van der Waals surface area (Å²) < 4.78 is 0. The zero-order valence-corrected chi connectivity index (χ0v) is 9.50. The van der Waals surface area contributed by atoms with Gasteiger partial charge in [-0.15, -0.1) is 0 Å². The van der Waals surface area contributed by atoms with Gasteiger partial charge in [0.05, 0.1) is 0 Å². The molecule has 2 rings (SSSR count). The second-order valence-electron chi connectivity index (χ2n) is 4.77. The SMILES string of the molecule is CC1CCCC(NCc2ccn[nH]2)CC1. The Morgan fingerprint density at radius 3 is 3.13 bits per heavy atom. The van der Waals surface area contributed by atoms with Crippen LogP contribution in [0.1, 0.15) is 44.7 Å². The minimum atomic E-state index is 0.707. The maximum absolute atomic E-state index is 3.95. The number of H-pyrrole nitrogens is 1. The number of nitrogens with one attached hydrogen (secondary N) is 2. The van der Waals surface area contributed by atoms with Crippen LogP contribution in [0.3, 0.4) is 0 Å². The lowest BCUT2D eigenvalue weighted by Crippen LogP contribution is -2.28. The molecule has 1 aliphatic rings.